The Morgan fingerprint density at radius 3 is 2.60 bits per heavy atom. The average Bonchev–Trinajstić information content (AvgIpc) is 2.64. The van der Waals surface area contributed by atoms with Crippen LogP contribution in [0, 0.1) is 0 Å². The van der Waals surface area contributed by atoms with Gasteiger partial charge in [0.05, 0.1) is 10.0 Å². The minimum Gasteiger partial charge on any atom is -0.489 e. The minimum absolute atomic E-state index is 0.0353. The number of hydrogen-bond acceptors (Lipinski definition) is 2. The van der Waals surface area contributed by atoms with Crippen molar-refractivity contribution in [2.75, 3.05) is 0 Å². The fourth-order valence-electron chi connectivity index (χ4n) is 3.04. The lowest BCUT2D eigenvalue weighted by molar-refractivity contribution is 0.0927. The quantitative estimate of drug-likeness (QED) is 0.732. The van der Waals surface area contributed by atoms with Crippen LogP contribution < -0.4 is 10.1 Å². The molecule has 0 bridgehead atoms. The van der Waals surface area contributed by atoms with Gasteiger partial charge in [0.2, 0.25) is 0 Å². The van der Waals surface area contributed by atoms with E-state index in [4.69, 9.17) is 27.9 Å². The highest BCUT2D eigenvalue weighted by Gasteiger charge is 2.16. The molecule has 0 atom stereocenters. The lowest BCUT2D eigenvalue weighted by atomic mass is 9.95. The Hall–Kier alpha value is -1.71. The lowest BCUT2D eigenvalue weighted by Gasteiger charge is -2.22. The van der Waals surface area contributed by atoms with Crippen molar-refractivity contribution in [3.63, 3.8) is 0 Å². The van der Waals surface area contributed by atoms with Crippen LogP contribution in [0.25, 0.3) is 0 Å². The SMILES string of the molecule is O=C(NC1CCCCC1)c1cccc(OCc2ccc(Cl)c(Cl)c2)c1. The van der Waals surface area contributed by atoms with E-state index in [1.54, 1.807) is 18.2 Å². The van der Waals surface area contributed by atoms with Gasteiger partial charge in [-0.2, -0.15) is 0 Å². The Kier molecular flexibility index (Phi) is 6.22. The summed E-state index contributed by atoms with van der Waals surface area (Å²) in [7, 11) is 0. The summed E-state index contributed by atoms with van der Waals surface area (Å²) in [5, 5.41) is 4.15. The number of halogens is 2. The largest absolute Gasteiger partial charge is 0.489 e. The Morgan fingerprint density at radius 2 is 1.84 bits per heavy atom. The van der Waals surface area contributed by atoms with Gasteiger partial charge in [-0.25, -0.2) is 0 Å². The molecular formula is C20H21Cl2NO2. The van der Waals surface area contributed by atoms with Crippen LogP contribution in [-0.4, -0.2) is 11.9 Å². The van der Waals surface area contributed by atoms with E-state index in [1.165, 1.54) is 19.3 Å². The fourth-order valence-corrected chi connectivity index (χ4v) is 3.36. The minimum atomic E-state index is -0.0353. The standard InChI is InChI=1S/C20H21Cl2NO2/c21-18-10-9-14(11-19(18)22)13-25-17-8-4-5-15(12-17)20(24)23-16-6-2-1-3-7-16/h4-5,8-12,16H,1-3,6-7,13H2,(H,23,24). The van der Waals surface area contributed by atoms with Crippen molar-refractivity contribution in [3.8, 4) is 5.75 Å². The van der Waals surface area contributed by atoms with Crippen LogP contribution in [0.2, 0.25) is 10.0 Å². The van der Waals surface area contributed by atoms with E-state index >= 15 is 0 Å². The summed E-state index contributed by atoms with van der Waals surface area (Å²) in [6.45, 7) is 0.366. The Morgan fingerprint density at radius 1 is 1.04 bits per heavy atom. The molecule has 132 valence electrons. The highest BCUT2D eigenvalue weighted by Crippen LogP contribution is 2.24. The normalized spacial score (nSPS) is 15.0. The van der Waals surface area contributed by atoms with E-state index < -0.39 is 0 Å². The van der Waals surface area contributed by atoms with Crippen molar-refractivity contribution < 1.29 is 9.53 Å². The van der Waals surface area contributed by atoms with Gasteiger partial charge in [0.1, 0.15) is 12.4 Å². The molecule has 3 rings (SSSR count). The molecule has 0 radical (unpaired) electrons. The number of benzene rings is 2. The number of nitrogens with one attached hydrogen (secondary N) is 1. The zero-order valence-electron chi connectivity index (χ0n) is 13.9. The van der Waals surface area contributed by atoms with Crippen molar-refractivity contribution in [1.82, 2.24) is 5.32 Å². The summed E-state index contributed by atoms with van der Waals surface area (Å²) < 4.78 is 5.79. The second kappa shape index (κ2) is 8.59. The molecule has 5 heteroatoms. The van der Waals surface area contributed by atoms with Crippen LogP contribution in [0.15, 0.2) is 42.5 Å². The van der Waals surface area contributed by atoms with Crippen molar-refractivity contribution in [2.24, 2.45) is 0 Å². The molecule has 0 aliphatic heterocycles. The summed E-state index contributed by atoms with van der Waals surface area (Å²) in [6.07, 6.45) is 5.79. The number of amides is 1. The smallest absolute Gasteiger partial charge is 0.251 e. The molecule has 1 aliphatic rings. The van der Waals surface area contributed by atoms with Crippen LogP contribution in [0.3, 0.4) is 0 Å². The van der Waals surface area contributed by atoms with Gasteiger partial charge in [-0.15, -0.1) is 0 Å². The lowest BCUT2D eigenvalue weighted by Crippen LogP contribution is -2.36. The first-order valence-corrected chi connectivity index (χ1v) is 9.35. The highest BCUT2D eigenvalue weighted by molar-refractivity contribution is 6.42. The molecule has 0 heterocycles. The predicted octanol–water partition coefficient (Wildman–Crippen LogP) is 5.63. The molecule has 0 aromatic heterocycles. The third-order valence-corrected chi connectivity index (χ3v) is 5.17. The zero-order valence-corrected chi connectivity index (χ0v) is 15.4. The van der Waals surface area contributed by atoms with Crippen LogP contribution in [0.1, 0.15) is 48.0 Å². The van der Waals surface area contributed by atoms with E-state index in [0.29, 0.717) is 34.0 Å². The summed E-state index contributed by atoms with van der Waals surface area (Å²) >= 11 is 11.9. The Bertz CT molecular complexity index is 742. The number of ether oxygens (including phenoxy) is 1. The van der Waals surface area contributed by atoms with E-state index in [1.807, 2.05) is 24.3 Å². The number of carbonyl (C=O) groups excluding carboxylic acids is 1. The average molecular weight is 378 g/mol. The second-order valence-corrected chi connectivity index (χ2v) is 7.19. The van der Waals surface area contributed by atoms with Crippen molar-refractivity contribution in [1.29, 1.82) is 0 Å². The molecule has 0 unspecified atom stereocenters. The van der Waals surface area contributed by atoms with E-state index in [2.05, 4.69) is 5.32 Å². The first-order chi connectivity index (χ1) is 12.1. The Balaban J connectivity index is 1.60. The Labute approximate surface area is 158 Å². The summed E-state index contributed by atoms with van der Waals surface area (Å²) in [6, 6.07) is 12.9. The molecule has 0 spiro atoms. The third kappa shape index (κ3) is 5.13. The third-order valence-electron chi connectivity index (χ3n) is 4.43. The van der Waals surface area contributed by atoms with Gasteiger partial charge >= 0.3 is 0 Å². The van der Waals surface area contributed by atoms with Gasteiger partial charge < -0.3 is 10.1 Å². The van der Waals surface area contributed by atoms with E-state index in [9.17, 15) is 4.79 Å². The molecule has 0 saturated heterocycles. The van der Waals surface area contributed by atoms with E-state index in [-0.39, 0.29) is 5.91 Å². The highest BCUT2D eigenvalue weighted by atomic mass is 35.5. The second-order valence-electron chi connectivity index (χ2n) is 6.37. The first kappa shape index (κ1) is 18.1. The van der Waals surface area contributed by atoms with Gasteiger partial charge in [0, 0.05) is 11.6 Å². The molecule has 1 saturated carbocycles. The molecule has 1 N–H and O–H groups in total. The first-order valence-electron chi connectivity index (χ1n) is 8.59. The summed E-state index contributed by atoms with van der Waals surface area (Å²) in [5.74, 6) is 0.620. The maximum atomic E-state index is 12.4. The molecule has 1 amide bonds. The van der Waals surface area contributed by atoms with Crippen molar-refractivity contribution >= 4 is 29.1 Å². The van der Waals surface area contributed by atoms with Crippen LogP contribution >= 0.6 is 23.2 Å². The monoisotopic (exact) mass is 377 g/mol. The van der Waals surface area contributed by atoms with Crippen molar-refractivity contribution in [3.05, 3.63) is 63.6 Å². The molecule has 1 aliphatic carbocycles. The summed E-state index contributed by atoms with van der Waals surface area (Å²) in [5.41, 5.74) is 1.55. The van der Waals surface area contributed by atoms with Gasteiger partial charge in [-0.1, -0.05) is 54.6 Å². The van der Waals surface area contributed by atoms with Gasteiger partial charge in [-0.05, 0) is 48.7 Å². The molecule has 2 aromatic carbocycles. The molecule has 1 fully saturated rings. The number of carbonyl (C=O) groups is 1. The van der Waals surface area contributed by atoms with Gasteiger partial charge in [0.15, 0.2) is 0 Å². The topological polar surface area (TPSA) is 38.3 Å². The van der Waals surface area contributed by atoms with Crippen LogP contribution in [0.5, 0.6) is 5.75 Å². The van der Waals surface area contributed by atoms with Crippen LogP contribution in [0.4, 0.5) is 0 Å². The molecule has 3 nitrogen and oxygen atoms in total. The van der Waals surface area contributed by atoms with Crippen molar-refractivity contribution in [2.45, 2.75) is 44.8 Å². The predicted molar refractivity (Wildman–Crippen MR) is 102 cm³/mol. The molecule has 2 aromatic rings. The van der Waals surface area contributed by atoms with E-state index in [0.717, 1.165) is 18.4 Å². The van der Waals surface area contributed by atoms with Crippen LogP contribution in [-0.2, 0) is 6.61 Å². The molecular weight excluding hydrogens is 357 g/mol. The number of rotatable bonds is 5. The van der Waals surface area contributed by atoms with Gasteiger partial charge in [0.25, 0.3) is 5.91 Å². The maximum Gasteiger partial charge on any atom is 0.251 e. The fraction of sp³-hybridized carbons (Fsp3) is 0.350. The summed E-state index contributed by atoms with van der Waals surface area (Å²) in [4.78, 5) is 12.4. The maximum absolute atomic E-state index is 12.4. The molecule has 25 heavy (non-hydrogen) atoms. The number of hydrogen-bond donors (Lipinski definition) is 1. The zero-order chi connectivity index (χ0) is 17.6. The van der Waals surface area contributed by atoms with Gasteiger partial charge in [-0.3, -0.25) is 4.79 Å².